The van der Waals surface area contributed by atoms with Gasteiger partial charge in [0, 0.05) is 12.7 Å². The van der Waals surface area contributed by atoms with Crippen molar-refractivity contribution in [2.24, 2.45) is 0 Å². The minimum atomic E-state index is -0.125. The molecule has 0 bridgehead atoms. The number of aryl methyl sites for hydroxylation is 1. The Morgan fingerprint density at radius 2 is 2.40 bits per heavy atom. The molecule has 0 unspecified atom stereocenters. The standard InChI is InChI=1S/C14H16N2O3S/c1-9-4-5-10(19-9)7-12-13(17)16(14(20)15-12)8-11-3-2-6-18-11/h4-5,7,11H,2-3,6,8H2,1H3,(H,15,20)/b12-7-/t11-/m0/s1. The van der Waals surface area contributed by atoms with Gasteiger partial charge >= 0.3 is 0 Å². The highest BCUT2D eigenvalue weighted by Gasteiger charge is 2.33. The fourth-order valence-corrected chi connectivity index (χ4v) is 2.67. The Bertz CT molecular complexity index is 573. The third-order valence-corrected chi connectivity index (χ3v) is 3.74. The zero-order valence-corrected chi connectivity index (χ0v) is 12.0. The first-order valence-electron chi connectivity index (χ1n) is 6.66. The average Bonchev–Trinajstić information content (AvgIpc) is 3.10. The molecule has 1 aromatic rings. The van der Waals surface area contributed by atoms with E-state index in [0.29, 0.717) is 23.1 Å². The Morgan fingerprint density at radius 1 is 1.55 bits per heavy atom. The summed E-state index contributed by atoms with van der Waals surface area (Å²) in [4.78, 5) is 13.9. The van der Waals surface area contributed by atoms with Crippen LogP contribution in [0.25, 0.3) is 6.08 Å². The fourth-order valence-electron chi connectivity index (χ4n) is 2.40. The predicted octanol–water partition coefficient (Wildman–Crippen LogP) is 1.82. The number of nitrogens with zero attached hydrogens (tertiary/aromatic N) is 1. The molecule has 5 nitrogen and oxygen atoms in total. The number of hydrogen-bond acceptors (Lipinski definition) is 4. The van der Waals surface area contributed by atoms with Crippen molar-refractivity contribution in [3.8, 4) is 0 Å². The maximum atomic E-state index is 12.3. The molecular weight excluding hydrogens is 276 g/mol. The van der Waals surface area contributed by atoms with Crippen molar-refractivity contribution in [2.75, 3.05) is 13.2 Å². The van der Waals surface area contributed by atoms with Gasteiger partial charge in [-0.3, -0.25) is 9.69 Å². The molecule has 0 radical (unpaired) electrons. The summed E-state index contributed by atoms with van der Waals surface area (Å²) < 4.78 is 11.0. The molecule has 0 aliphatic carbocycles. The van der Waals surface area contributed by atoms with E-state index in [9.17, 15) is 4.79 Å². The van der Waals surface area contributed by atoms with E-state index in [1.807, 2.05) is 19.1 Å². The van der Waals surface area contributed by atoms with Crippen LogP contribution >= 0.6 is 12.2 Å². The van der Waals surface area contributed by atoms with Gasteiger partial charge in [0.2, 0.25) is 0 Å². The molecule has 6 heteroatoms. The van der Waals surface area contributed by atoms with Crippen LogP contribution in [0.4, 0.5) is 0 Å². The van der Waals surface area contributed by atoms with Crippen LogP contribution in [-0.4, -0.2) is 35.2 Å². The lowest BCUT2D eigenvalue weighted by Crippen LogP contribution is -2.37. The second-order valence-electron chi connectivity index (χ2n) is 4.99. The van der Waals surface area contributed by atoms with Crippen LogP contribution in [0.3, 0.4) is 0 Å². The monoisotopic (exact) mass is 292 g/mol. The molecule has 1 atom stereocenters. The van der Waals surface area contributed by atoms with Crippen LogP contribution in [-0.2, 0) is 9.53 Å². The zero-order valence-electron chi connectivity index (χ0n) is 11.2. The number of carbonyl (C=O) groups is 1. The van der Waals surface area contributed by atoms with Crippen LogP contribution in [0.2, 0.25) is 0 Å². The summed E-state index contributed by atoms with van der Waals surface area (Å²) >= 11 is 5.22. The van der Waals surface area contributed by atoms with Gasteiger partial charge in [0.05, 0.1) is 12.6 Å². The van der Waals surface area contributed by atoms with Gasteiger partial charge < -0.3 is 14.5 Å². The van der Waals surface area contributed by atoms with Gasteiger partial charge in [-0.05, 0) is 44.1 Å². The van der Waals surface area contributed by atoms with Crippen LogP contribution < -0.4 is 5.32 Å². The van der Waals surface area contributed by atoms with E-state index >= 15 is 0 Å². The van der Waals surface area contributed by atoms with E-state index in [0.717, 1.165) is 25.2 Å². The molecular formula is C14H16N2O3S. The number of nitrogens with one attached hydrogen (secondary N) is 1. The number of carbonyl (C=O) groups excluding carboxylic acids is 1. The normalized spacial score (nSPS) is 24.8. The quantitative estimate of drug-likeness (QED) is 0.680. The summed E-state index contributed by atoms with van der Waals surface area (Å²) in [6, 6.07) is 3.68. The summed E-state index contributed by atoms with van der Waals surface area (Å²) in [6.07, 6.45) is 3.78. The Balaban J connectivity index is 1.74. The topological polar surface area (TPSA) is 54.7 Å². The van der Waals surface area contributed by atoms with Crippen molar-refractivity contribution in [1.82, 2.24) is 10.2 Å². The lowest BCUT2D eigenvalue weighted by Gasteiger charge is -2.18. The highest BCUT2D eigenvalue weighted by molar-refractivity contribution is 7.80. The van der Waals surface area contributed by atoms with E-state index in [4.69, 9.17) is 21.4 Å². The van der Waals surface area contributed by atoms with Gasteiger partial charge in [-0.15, -0.1) is 0 Å². The third kappa shape index (κ3) is 2.62. The first-order chi connectivity index (χ1) is 9.63. The minimum absolute atomic E-state index is 0.0870. The molecule has 0 spiro atoms. The van der Waals surface area contributed by atoms with Crippen molar-refractivity contribution in [3.63, 3.8) is 0 Å². The van der Waals surface area contributed by atoms with Gasteiger partial charge in [0.1, 0.15) is 17.2 Å². The van der Waals surface area contributed by atoms with Gasteiger partial charge in [0.25, 0.3) is 5.91 Å². The maximum Gasteiger partial charge on any atom is 0.276 e. The SMILES string of the molecule is Cc1ccc(/C=C2\NC(=S)N(C[C@@H]3CCCO3)C2=O)o1. The summed E-state index contributed by atoms with van der Waals surface area (Å²) in [5, 5.41) is 3.37. The summed E-state index contributed by atoms with van der Waals surface area (Å²) in [5.41, 5.74) is 0.447. The highest BCUT2D eigenvalue weighted by atomic mass is 32.1. The minimum Gasteiger partial charge on any atom is -0.462 e. The van der Waals surface area contributed by atoms with Crippen molar-refractivity contribution in [3.05, 3.63) is 29.4 Å². The lowest BCUT2D eigenvalue weighted by molar-refractivity contribution is -0.123. The van der Waals surface area contributed by atoms with Crippen molar-refractivity contribution in [1.29, 1.82) is 0 Å². The Labute approximate surface area is 122 Å². The Kier molecular flexibility index (Phi) is 3.58. The zero-order chi connectivity index (χ0) is 14.1. The molecule has 2 aliphatic rings. The van der Waals surface area contributed by atoms with Crippen molar-refractivity contribution < 1.29 is 13.9 Å². The summed E-state index contributed by atoms with van der Waals surface area (Å²) in [7, 11) is 0. The van der Waals surface area contributed by atoms with E-state index < -0.39 is 0 Å². The van der Waals surface area contributed by atoms with Crippen LogP contribution in [0.5, 0.6) is 0 Å². The molecule has 3 rings (SSSR count). The molecule has 1 amide bonds. The number of thiocarbonyl (C=S) groups is 1. The number of hydrogen-bond donors (Lipinski definition) is 1. The first-order valence-corrected chi connectivity index (χ1v) is 7.07. The number of ether oxygens (including phenoxy) is 1. The van der Waals surface area contributed by atoms with E-state index in [2.05, 4.69) is 5.32 Å². The van der Waals surface area contributed by atoms with Gasteiger partial charge in [-0.25, -0.2) is 0 Å². The smallest absolute Gasteiger partial charge is 0.276 e. The van der Waals surface area contributed by atoms with Crippen LogP contribution in [0.1, 0.15) is 24.4 Å². The molecule has 1 aromatic heterocycles. The first kappa shape index (κ1) is 13.3. The largest absolute Gasteiger partial charge is 0.462 e. The molecule has 2 aliphatic heterocycles. The second kappa shape index (κ2) is 5.38. The van der Waals surface area contributed by atoms with E-state index in [-0.39, 0.29) is 12.0 Å². The number of amides is 1. The molecule has 2 fully saturated rings. The van der Waals surface area contributed by atoms with Crippen LogP contribution in [0.15, 0.2) is 22.2 Å². The molecule has 2 saturated heterocycles. The molecule has 0 aromatic carbocycles. The maximum absolute atomic E-state index is 12.3. The third-order valence-electron chi connectivity index (χ3n) is 3.42. The fraction of sp³-hybridized carbons (Fsp3) is 0.429. The van der Waals surface area contributed by atoms with Gasteiger partial charge in [0.15, 0.2) is 5.11 Å². The van der Waals surface area contributed by atoms with E-state index in [1.165, 1.54) is 0 Å². The molecule has 0 saturated carbocycles. The highest BCUT2D eigenvalue weighted by Crippen LogP contribution is 2.19. The predicted molar refractivity (Wildman–Crippen MR) is 77.8 cm³/mol. The summed E-state index contributed by atoms with van der Waals surface area (Å²) in [6.45, 7) is 3.14. The number of rotatable bonds is 3. The van der Waals surface area contributed by atoms with Gasteiger partial charge in [-0.1, -0.05) is 0 Å². The molecule has 20 heavy (non-hydrogen) atoms. The Morgan fingerprint density at radius 3 is 3.05 bits per heavy atom. The Hall–Kier alpha value is -1.66. The van der Waals surface area contributed by atoms with Crippen molar-refractivity contribution in [2.45, 2.75) is 25.9 Å². The molecule has 1 N–H and O–H groups in total. The lowest BCUT2D eigenvalue weighted by atomic mass is 10.2. The average molecular weight is 292 g/mol. The summed E-state index contributed by atoms with van der Waals surface area (Å²) in [5.74, 6) is 1.32. The molecule has 3 heterocycles. The van der Waals surface area contributed by atoms with Crippen LogP contribution in [0, 0.1) is 6.92 Å². The van der Waals surface area contributed by atoms with Gasteiger partial charge in [-0.2, -0.15) is 0 Å². The number of furan rings is 1. The second-order valence-corrected chi connectivity index (χ2v) is 5.37. The van der Waals surface area contributed by atoms with Crippen molar-refractivity contribution >= 4 is 29.3 Å². The van der Waals surface area contributed by atoms with E-state index in [1.54, 1.807) is 11.0 Å². The molecule has 106 valence electrons.